The first-order valence-corrected chi connectivity index (χ1v) is 9.09. The van der Waals surface area contributed by atoms with Crippen molar-refractivity contribution in [3.8, 4) is 0 Å². The minimum atomic E-state index is -2.82. The van der Waals surface area contributed by atoms with Gasteiger partial charge in [-0.1, -0.05) is 24.6 Å². The van der Waals surface area contributed by atoms with Crippen LogP contribution in [0.5, 0.6) is 0 Å². The van der Waals surface area contributed by atoms with Crippen LogP contribution >= 0.6 is 0 Å². The standard InChI is InChI=1S/C15H24N2O2S/c1-3-6-16-12-14-11-13(2)4-5-15(14)17-7-9-20(18,19)10-8-17/h4-5,11,16H,3,6-10,12H2,1-2H3. The maximum absolute atomic E-state index is 11.5. The van der Waals surface area contributed by atoms with Gasteiger partial charge in [-0.05, 0) is 31.5 Å². The molecule has 1 aromatic carbocycles. The van der Waals surface area contributed by atoms with Gasteiger partial charge in [0.25, 0.3) is 0 Å². The zero-order valence-electron chi connectivity index (χ0n) is 12.4. The minimum absolute atomic E-state index is 0.267. The Morgan fingerprint density at radius 1 is 1.25 bits per heavy atom. The van der Waals surface area contributed by atoms with E-state index < -0.39 is 9.84 Å². The Labute approximate surface area is 122 Å². The lowest BCUT2D eigenvalue weighted by Gasteiger charge is -2.30. The van der Waals surface area contributed by atoms with Crippen LogP contribution in [0.25, 0.3) is 0 Å². The van der Waals surface area contributed by atoms with Crippen LogP contribution < -0.4 is 10.2 Å². The summed E-state index contributed by atoms with van der Waals surface area (Å²) in [5, 5.41) is 3.43. The van der Waals surface area contributed by atoms with Gasteiger partial charge in [0.2, 0.25) is 0 Å². The highest BCUT2D eigenvalue weighted by molar-refractivity contribution is 7.91. The van der Waals surface area contributed by atoms with Crippen molar-refractivity contribution in [2.45, 2.75) is 26.8 Å². The number of nitrogens with one attached hydrogen (secondary N) is 1. The molecule has 5 heteroatoms. The van der Waals surface area contributed by atoms with E-state index in [1.54, 1.807) is 0 Å². The second kappa shape index (κ2) is 6.59. The number of sulfone groups is 1. The quantitative estimate of drug-likeness (QED) is 0.841. The molecule has 2 rings (SSSR count). The average Bonchev–Trinajstić information content (AvgIpc) is 2.40. The minimum Gasteiger partial charge on any atom is -0.369 e. The highest BCUT2D eigenvalue weighted by Gasteiger charge is 2.23. The number of aryl methyl sites for hydroxylation is 1. The molecule has 0 amide bonds. The van der Waals surface area contributed by atoms with Crippen molar-refractivity contribution in [2.24, 2.45) is 0 Å². The molecule has 1 aliphatic rings. The van der Waals surface area contributed by atoms with Crippen LogP contribution in [-0.4, -0.2) is 39.6 Å². The summed E-state index contributed by atoms with van der Waals surface area (Å²) in [6.45, 7) is 7.29. The zero-order valence-corrected chi connectivity index (χ0v) is 13.2. The molecule has 0 aromatic heterocycles. The van der Waals surface area contributed by atoms with Crippen molar-refractivity contribution in [1.82, 2.24) is 5.32 Å². The second-order valence-corrected chi connectivity index (χ2v) is 7.75. The third-order valence-corrected chi connectivity index (χ3v) is 5.27. The Morgan fingerprint density at radius 2 is 1.95 bits per heavy atom. The van der Waals surface area contributed by atoms with E-state index in [2.05, 4.69) is 42.3 Å². The van der Waals surface area contributed by atoms with Crippen molar-refractivity contribution in [3.63, 3.8) is 0 Å². The van der Waals surface area contributed by atoms with E-state index in [1.807, 2.05) is 0 Å². The summed E-state index contributed by atoms with van der Waals surface area (Å²) in [4.78, 5) is 2.20. The third-order valence-electron chi connectivity index (χ3n) is 3.66. The number of hydrogen-bond acceptors (Lipinski definition) is 4. The first-order valence-electron chi connectivity index (χ1n) is 7.27. The van der Waals surface area contributed by atoms with E-state index in [-0.39, 0.29) is 11.5 Å². The van der Waals surface area contributed by atoms with Gasteiger partial charge < -0.3 is 10.2 Å². The molecule has 0 atom stereocenters. The zero-order chi connectivity index (χ0) is 14.6. The van der Waals surface area contributed by atoms with Crippen LogP contribution in [0.4, 0.5) is 5.69 Å². The molecule has 0 spiro atoms. The molecule has 0 unspecified atom stereocenters. The van der Waals surface area contributed by atoms with Gasteiger partial charge in [-0.15, -0.1) is 0 Å². The van der Waals surface area contributed by atoms with Crippen molar-refractivity contribution in [1.29, 1.82) is 0 Å². The Balaban J connectivity index is 2.14. The normalized spacial score (nSPS) is 18.2. The molecule has 20 heavy (non-hydrogen) atoms. The van der Waals surface area contributed by atoms with Crippen LogP contribution in [-0.2, 0) is 16.4 Å². The summed E-state index contributed by atoms with van der Waals surface area (Å²) in [7, 11) is -2.82. The Morgan fingerprint density at radius 3 is 2.60 bits per heavy atom. The molecule has 0 aliphatic carbocycles. The van der Waals surface area contributed by atoms with Gasteiger partial charge in [-0.3, -0.25) is 0 Å². The molecule has 1 aliphatic heterocycles. The number of anilines is 1. The van der Waals surface area contributed by atoms with E-state index in [1.165, 1.54) is 16.8 Å². The SMILES string of the molecule is CCCNCc1cc(C)ccc1N1CCS(=O)(=O)CC1. The van der Waals surface area contributed by atoms with Gasteiger partial charge >= 0.3 is 0 Å². The lowest BCUT2D eigenvalue weighted by molar-refractivity contribution is 0.586. The maximum Gasteiger partial charge on any atom is 0.153 e. The fraction of sp³-hybridized carbons (Fsp3) is 0.600. The van der Waals surface area contributed by atoms with E-state index >= 15 is 0 Å². The predicted octanol–water partition coefficient (Wildman–Crippen LogP) is 1.73. The topological polar surface area (TPSA) is 49.4 Å². The van der Waals surface area contributed by atoms with Gasteiger partial charge in [0.05, 0.1) is 11.5 Å². The maximum atomic E-state index is 11.5. The highest BCUT2D eigenvalue weighted by Crippen LogP contribution is 2.23. The molecule has 1 aromatic rings. The Hall–Kier alpha value is -1.07. The van der Waals surface area contributed by atoms with E-state index in [0.717, 1.165) is 19.5 Å². The Kier molecular flexibility index (Phi) is 5.05. The summed E-state index contributed by atoms with van der Waals surface area (Å²) in [5.41, 5.74) is 3.68. The summed E-state index contributed by atoms with van der Waals surface area (Å²) < 4.78 is 23.1. The molecular formula is C15H24N2O2S. The third kappa shape index (κ3) is 3.96. The van der Waals surface area contributed by atoms with Gasteiger partial charge in [0.1, 0.15) is 0 Å². The van der Waals surface area contributed by atoms with Gasteiger partial charge in [0, 0.05) is 25.3 Å². The number of benzene rings is 1. The first kappa shape index (κ1) is 15.3. The molecule has 1 N–H and O–H groups in total. The van der Waals surface area contributed by atoms with E-state index in [9.17, 15) is 8.42 Å². The molecule has 1 fully saturated rings. The van der Waals surface area contributed by atoms with Crippen molar-refractivity contribution < 1.29 is 8.42 Å². The van der Waals surface area contributed by atoms with Crippen LogP contribution in [0.2, 0.25) is 0 Å². The second-order valence-electron chi connectivity index (χ2n) is 5.45. The lowest BCUT2D eigenvalue weighted by atomic mass is 10.1. The Bertz CT molecular complexity index is 541. The summed E-state index contributed by atoms with van der Waals surface area (Å²) in [5.74, 6) is 0.533. The van der Waals surface area contributed by atoms with Crippen molar-refractivity contribution in [2.75, 3.05) is 36.0 Å². The molecular weight excluding hydrogens is 272 g/mol. The largest absolute Gasteiger partial charge is 0.369 e. The fourth-order valence-electron chi connectivity index (χ4n) is 2.52. The highest BCUT2D eigenvalue weighted by atomic mass is 32.2. The molecule has 0 radical (unpaired) electrons. The molecule has 1 saturated heterocycles. The van der Waals surface area contributed by atoms with Crippen LogP contribution in [0, 0.1) is 6.92 Å². The van der Waals surface area contributed by atoms with Crippen molar-refractivity contribution >= 4 is 15.5 Å². The van der Waals surface area contributed by atoms with Gasteiger partial charge in [-0.2, -0.15) is 0 Å². The smallest absolute Gasteiger partial charge is 0.153 e. The van der Waals surface area contributed by atoms with E-state index in [4.69, 9.17) is 0 Å². The fourth-order valence-corrected chi connectivity index (χ4v) is 3.72. The molecule has 4 nitrogen and oxygen atoms in total. The monoisotopic (exact) mass is 296 g/mol. The summed E-state index contributed by atoms with van der Waals surface area (Å²) in [6.07, 6.45) is 1.11. The number of nitrogens with zero attached hydrogens (tertiary/aromatic N) is 1. The molecule has 1 heterocycles. The lowest BCUT2D eigenvalue weighted by Crippen LogP contribution is -2.40. The van der Waals surface area contributed by atoms with E-state index in [0.29, 0.717) is 13.1 Å². The van der Waals surface area contributed by atoms with Crippen LogP contribution in [0.3, 0.4) is 0 Å². The molecule has 0 saturated carbocycles. The molecule has 112 valence electrons. The number of hydrogen-bond donors (Lipinski definition) is 1. The first-order chi connectivity index (χ1) is 9.52. The summed E-state index contributed by atoms with van der Waals surface area (Å²) >= 11 is 0. The summed E-state index contributed by atoms with van der Waals surface area (Å²) in [6, 6.07) is 6.42. The number of rotatable bonds is 5. The van der Waals surface area contributed by atoms with Crippen molar-refractivity contribution in [3.05, 3.63) is 29.3 Å². The average molecular weight is 296 g/mol. The van der Waals surface area contributed by atoms with Crippen LogP contribution in [0.1, 0.15) is 24.5 Å². The van der Waals surface area contributed by atoms with Crippen LogP contribution in [0.15, 0.2) is 18.2 Å². The van der Waals surface area contributed by atoms with Gasteiger partial charge in [-0.25, -0.2) is 8.42 Å². The molecule has 0 bridgehead atoms. The van der Waals surface area contributed by atoms with Gasteiger partial charge in [0.15, 0.2) is 9.84 Å². The predicted molar refractivity (Wildman–Crippen MR) is 84.0 cm³/mol.